The second kappa shape index (κ2) is 9.33. The van der Waals surface area contributed by atoms with Gasteiger partial charge in [0.25, 0.3) is 5.91 Å². The Kier molecular flexibility index (Phi) is 6.31. The Morgan fingerprint density at radius 1 is 0.909 bits per heavy atom. The summed E-state index contributed by atoms with van der Waals surface area (Å²) in [5.41, 5.74) is 6.74. The first kappa shape index (κ1) is 22.3. The lowest BCUT2D eigenvalue weighted by molar-refractivity contribution is -0.116. The van der Waals surface area contributed by atoms with E-state index in [4.69, 9.17) is 0 Å². The highest BCUT2D eigenvalue weighted by Gasteiger charge is 2.21. The zero-order chi connectivity index (χ0) is 23.5. The summed E-state index contributed by atoms with van der Waals surface area (Å²) in [6.07, 6.45) is 1.89. The Balaban J connectivity index is 1.54. The van der Waals surface area contributed by atoms with Crippen molar-refractivity contribution in [2.75, 3.05) is 18.9 Å². The van der Waals surface area contributed by atoms with Crippen LogP contribution in [-0.2, 0) is 11.3 Å². The molecule has 0 fully saturated rings. The molecule has 0 aliphatic heterocycles. The summed E-state index contributed by atoms with van der Waals surface area (Å²) in [6, 6.07) is 22.1. The zero-order valence-electron chi connectivity index (χ0n) is 19.6. The molecule has 0 spiro atoms. The van der Waals surface area contributed by atoms with Crippen LogP contribution in [0.3, 0.4) is 0 Å². The Bertz CT molecular complexity index is 1300. The van der Waals surface area contributed by atoms with E-state index in [1.54, 1.807) is 7.05 Å². The van der Waals surface area contributed by atoms with Gasteiger partial charge in [0.05, 0.1) is 12.1 Å². The lowest BCUT2D eigenvalue weighted by Gasteiger charge is -2.18. The third kappa shape index (κ3) is 4.82. The minimum Gasteiger partial charge on any atom is -0.342 e. The van der Waals surface area contributed by atoms with Crippen molar-refractivity contribution in [3.63, 3.8) is 0 Å². The Labute approximate surface area is 194 Å². The fourth-order valence-electron chi connectivity index (χ4n) is 4.38. The van der Waals surface area contributed by atoms with Gasteiger partial charge in [0.15, 0.2) is 0 Å². The molecule has 0 radical (unpaired) electrons. The average molecular weight is 440 g/mol. The summed E-state index contributed by atoms with van der Waals surface area (Å²) >= 11 is 0. The number of fused-ring (bicyclic) bond motifs is 1. The molecule has 2 amide bonds. The second-order valence-electron chi connectivity index (χ2n) is 8.66. The summed E-state index contributed by atoms with van der Waals surface area (Å²) < 4.78 is 2.09. The van der Waals surface area contributed by atoms with Crippen molar-refractivity contribution in [2.24, 2.45) is 0 Å². The SMILES string of the molecule is Cc1cc(C)c(NC(=O)CN(C)C(=O)c2cn(Cc3ccccc3)c3ccccc23)c(C)c1. The van der Waals surface area contributed by atoms with E-state index in [1.165, 1.54) is 4.90 Å². The first-order valence-corrected chi connectivity index (χ1v) is 11.1. The molecule has 1 heterocycles. The zero-order valence-corrected chi connectivity index (χ0v) is 19.6. The van der Waals surface area contributed by atoms with Crippen LogP contribution in [0.15, 0.2) is 72.9 Å². The van der Waals surface area contributed by atoms with Crippen molar-refractivity contribution in [3.8, 4) is 0 Å². The van der Waals surface area contributed by atoms with E-state index >= 15 is 0 Å². The van der Waals surface area contributed by atoms with Crippen LogP contribution in [0.25, 0.3) is 10.9 Å². The van der Waals surface area contributed by atoms with Gasteiger partial charge in [-0.2, -0.15) is 0 Å². The fraction of sp³-hybridized carbons (Fsp3) is 0.214. The molecular weight excluding hydrogens is 410 g/mol. The molecule has 3 aromatic carbocycles. The van der Waals surface area contributed by atoms with Gasteiger partial charge in [-0.3, -0.25) is 9.59 Å². The number of likely N-dealkylation sites (N-methyl/N-ethyl adjacent to an activating group) is 1. The van der Waals surface area contributed by atoms with E-state index in [9.17, 15) is 9.59 Å². The Morgan fingerprint density at radius 2 is 1.55 bits per heavy atom. The number of hydrogen-bond acceptors (Lipinski definition) is 2. The lowest BCUT2D eigenvalue weighted by atomic mass is 10.1. The van der Waals surface area contributed by atoms with Gasteiger partial charge in [-0.05, 0) is 43.5 Å². The maximum Gasteiger partial charge on any atom is 0.256 e. The van der Waals surface area contributed by atoms with Crippen molar-refractivity contribution >= 4 is 28.4 Å². The lowest BCUT2D eigenvalue weighted by Crippen LogP contribution is -2.35. The topological polar surface area (TPSA) is 54.3 Å². The van der Waals surface area contributed by atoms with E-state index in [2.05, 4.69) is 22.0 Å². The number of nitrogens with zero attached hydrogens (tertiary/aromatic N) is 2. The number of aryl methyl sites for hydroxylation is 3. The standard InChI is InChI=1S/C28H29N3O2/c1-19-14-20(2)27(21(3)15-19)29-26(32)18-30(4)28(33)24-17-31(16-22-10-6-5-7-11-22)25-13-9-8-12-23(24)25/h5-15,17H,16,18H2,1-4H3,(H,29,32). The Hall–Kier alpha value is -3.86. The second-order valence-corrected chi connectivity index (χ2v) is 8.66. The van der Waals surface area contributed by atoms with E-state index in [0.29, 0.717) is 12.1 Å². The third-order valence-corrected chi connectivity index (χ3v) is 5.88. The molecule has 168 valence electrons. The molecule has 4 aromatic rings. The van der Waals surface area contributed by atoms with Gasteiger partial charge in [0.1, 0.15) is 0 Å². The van der Waals surface area contributed by atoms with Gasteiger partial charge < -0.3 is 14.8 Å². The third-order valence-electron chi connectivity index (χ3n) is 5.88. The number of carbonyl (C=O) groups excluding carboxylic acids is 2. The highest BCUT2D eigenvalue weighted by molar-refractivity contribution is 6.08. The van der Waals surface area contributed by atoms with Crippen LogP contribution in [0.1, 0.15) is 32.6 Å². The summed E-state index contributed by atoms with van der Waals surface area (Å²) in [5.74, 6) is -0.389. The molecule has 0 aliphatic rings. The van der Waals surface area contributed by atoms with E-state index < -0.39 is 0 Å². The first-order valence-electron chi connectivity index (χ1n) is 11.1. The van der Waals surface area contributed by atoms with Gasteiger partial charge in [0, 0.05) is 36.4 Å². The van der Waals surface area contributed by atoms with Crippen LogP contribution in [0.5, 0.6) is 0 Å². The minimum absolute atomic E-state index is 0.0240. The minimum atomic E-state index is -0.214. The monoisotopic (exact) mass is 439 g/mol. The number of carbonyl (C=O) groups is 2. The summed E-state index contributed by atoms with van der Waals surface area (Å²) in [7, 11) is 1.67. The van der Waals surface area contributed by atoms with Crippen LogP contribution in [0.4, 0.5) is 5.69 Å². The van der Waals surface area contributed by atoms with Crippen LogP contribution < -0.4 is 5.32 Å². The molecule has 33 heavy (non-hydrogen) atoms. The van der Waals surface area contributed by atoms with Crippen LogP contribution in [-0.4, -0.2) is 34.9 Å². The molecule has 1 N–H and O–H groups in total. The molecule has 5 heteroatoms. The van der Waals surface area contributed by atoms with Gasteiger partial charge in [-0.15, -0.1) is 0 Å². The first-order chi connectivity index (χ1) is 15.8. The van der Waals surface area contributed by atoms with Crippen LogP contribution >= 0.6 is 0 Å². The van der Waals surface area contributed by atoms with E-state index in [0.717, 1.165) is 38.8 Å². The number of anilines is 1. The van der Waals surface area contributed by atoms with Gasteiger partial charge in [-0.1, -0.05) is 66.2 Å². The number of para-hydroxylation sites is 1. The molecule has 0 aliphatic carbocycles. The summed E-state index contributed by atoms with van der Waals surface area (Å²) in [5, 5.41) is 3.87. The number of nitrogens with one attached hydrogen (secondary N) is 1. The molecule has 0 unspecified atom stereocenters. The molecule has 0 saturated heterocycles. The summed E-state index contributed by atoms with van der Waals surface area (Å²) in [6.45, 7) is 6.64. The molecule has 0 bridgehead atoms. The maximum atomic E-state index is 13.3. The largest absolute Gasteiger partial charge is 0.342 e. The molecule has 4 rings (SSSR count). The summed E-state index contributed by atoms with van der Waals surface area (Å²) in [4.78, 5) is 27.5. The number of aromatic nitrogens is 1. The fourth-order valence-corrected chi connectivity index (χ4v) is 4.38. The van der Waals surface area contributed by atoms with Crippen molar-refractivity contribution in [1.82, 2.24) is 9.47 Å². The van der Waals surface area contributed by atoms with Gasteiger partial charge in [-0.25, -0.2) is 0 Å². The van der Waals surface area contributed by atoms with E-state index in [-0.39, 0.29) is 18.4 Å². The average Bonchev–Trinajstić information content (AvgIpc) is 3.15. The molecular formula is C28H29N3O2. The normalized spacial score (nSPS) is 10.9. The van der Waals surface area contributed by atoms with E-state index in [1.807, 2.05) is 81.6 Å². The van der Waals surface area contributed by atoms with Gasteiger partial charge >= 0.3 is 0 Å². The maximum absolute atomic E-state index is 13.3. The predicted octanol–water partition coefficient (Wildman–Crippen LogP) is 5.33. The molecule has 0 saturated carbocycles. The van der Waals surface area contributed by atoms with Crippen LogP contribution in [0, 0.1) is 20.8 Å². The van der Waals surface area contributed by atoms with Gasteiger partial charge in [0.2, 0.25) is 5.91 Å². The van der Waals surface area contributed by atoms with Crippen LogP contribution in [0.2, 0.25) is 0 Å². The van der Waals surface area contributed by atoms with Crippen molar-refractivity contribution < 1.29 is 9.59 Å². The highest BCUT2D eigenvalue weighted by atomic mass is 16.2. The molecule has 1 aromatic heterocycles. The van der Waals surface area contributed by atoms with Crippen molar-refractivity contribution in [2.45, 2.75) is 27.3 Å². The number of hydrogen-bond donors (Lipinski definition) is 1. The number of amides is 2. The Morgan fingerprint density at radius 3 is 2.24 bits per heavy atom. The number of benzene rings is 3. The molecule has 5 nitrogen and oxygen atoms in total. The number of rotatable bonds is 6. The molecule has 0 atom stereocenters. The smallest absolute Gasteiger partial charge is 0.256 e. The van der Waals surface area contributed by atoms with Crippen molar-refractivity contribution in [1.29, 1.82) is 0 Å². The quantitative estimate of drug-likeness (QED) is 0.442. The highest BCUT2D eigenvalue weighted by Crippen LogP contribution is 2.24. The van der Waals surface area contributed by atoms with Crippen molar-refractivity contribution in [3.05, 3.63) is 101 Å². The predicted molar refractivity (Wildman–Crippen MR) is 134 cm³/mol.